The Kier molecular flexibility index (Phi) is 2.72. The van der Waals surface area contributed by atoms with Crippen LogP contribution < -0.4 is 5.56 Å². The minimum atomic E-state index is 0.0746. The molecule has 0 N–H and O–H groups in total. The fourth-order valence-electron chi connectivity index (χ4n) is 3.00. The Balaban J connectivity index is 1.79. The minimum absolute atomic E-state index is 0.0746. The Bertz CT molecular complexity index is 882. The molecule has 0 spiro atoms. The highest BCUT2D eigenvalue weighted by atomic mass is 32.1. The topological polar surface area (TPSA) is 47.3 Å². The van der Waals surface area contributed by atoms with Crippen molar-refractivity contribution in [3.05, 3.63) is 62.8 Å². The third-order valence-corrected chi connectivity index (χ3v) is 5.20. The predicted molar refractivity (Wildman–Crippen MR) is 83.1 cm³/mol. The second-order valence-electron chi connectivity index (χ2n) is 5.66. The van der Waals surface area contributed by atoms with E-state index in [9.17, 15) is 4.79 Å². The van der Waals surface area contributed by atoms with Gasteiger partial charge in [-0.1, -0.05) is 6.07 Å². The molecule has 1 fully saturated rings. The van der Waals surface area contributed by atoms with Gasteiger partial charge in [0.2, 0.25) is 0 Å². The molecule has 3 heterocycles. The maximum Gasteiger partial charge on any atom is 0.261 e. The lowest BCUT2D eigenvalue weighted by Crippen LogP contribution is -2.19. The van der Waals surface area contributed by atoms with E-state index in [2.05, 4.69) is 11.1 Å². The Morgan fingerprint density at radius 2 is 2.19 bits per heavy atom. The Morgan fingerprint density at radius 1 is 1.33 bits per heavy atom. The smallest absolute Gasteiger partial charge is 0.261 e. The van der Waals surface area contributed by atoms with Crippen LogP contribution in [0.3, 0.4) is 0 Å². The molecule has 0 saturated heterocycles. The van der Waals surface area contributed by atoms with Gasteiger partial charge in [-0.2, -0.15) is 0 Å². The average Bonchev–Trinajstić information content (AvgIpc) is 3.21. The van der Waals surface area contributed by atoms with Crippen LogP contribution in [0.2, 0.25) is 0 Å². The van der Waals surface area contributed by atoms with Gasteiger partial charge in [0.15, 0.2) is 4.96 Å². The van der Waals surface area contributed by atoms with Gasteiger partial charge in [-0.15, -0.1) is 11.3 Å². The van der Waals surface area contributed by atoms with Crippen LogP contribution >= 0.6 is 11.3 Å². The number of hydrogen-bond donors (Lipinski definition) is 0. The lowest BCUT2D eigenvalue weighted by Gasteiger charge is -2.06. The van der Waals surface area contributed by atoms with Crippen molar-refractivity contribution in [2.24, 2.45) is 0 Å². The predicted octanol–water partition coefficient (Wildman–Crippen LogP) is 3.04. The van der Waals surface area contributed by atoms with Crippen LogP contribution in [-0.2, 0) is 0 Å². The van der Waals surface area contributed by atoms with Crippen molar-refractivity contribution in [3.63, 3.8) is 0 Å². The molecule has 2 atom stereocenters. The molecule has 1 aliphatic carbocycles. The van der Waals surface area contributed by atoms with E-state index in [1.165, 1.54) is 16.9 Å². The summed E-state index contributed by atoms with van der Waals surface area (Å²) in [4.78, 5) is 22.3. The first-order valence-corrected chi connectivity index (χ1v) is 7.92. The van der Waals surface area contributed by atoms with Crippen molar-refractivity contribution < 1.29 is 0 Å². The molecule has 1 saturated carbocycles. The number of fused-ring (bicyclic) bond motifs is 1. The van der Waals surface area contributed by atoms with Crippen molar-refractivity contribution in [1.29, 1.82) is 0 Å². The summed E-state index contributed by atoms with van der Waals surface area (Å²) in [5, 5.41) is 1.98. The van der Waals surface area contributed by atoms with Crippen molar-refractivity contribution in [3.8, 4) is 0 Å². The van der Waals surface area contributed by atoms with Crippen LogP contribution in [-0.4, -0.2) is 14.4 Å². The van der Waals surface area contributed by atoms with E-state index >= 15 is 0 Å². The molecule has 1 aliphatic rings. The van der Waals surface area contributed by atoms with Gasteiger partial charge in [-0.05, 0) is 37.8 Å². The highest BCUT2D eigenvalue weighted by molar-refractivity contribution is 7.15. The molecule has 4 nitrogen and oxygen atoms in total. The molecule has 4 rings (SSSR count). The summed E-state index contributed by atoms with van der Waals surface area (Å²) in [6.45, 7) is 3.84. The van der Waals surface area contributed by atoms with E-state index in [0.29, 0.717) is 11.8 Å². The number of nitrogens with zero attached hydrogens (tertiary/aromatic N) is 3. The van der Waals surface area contributed by atoms with Crippen LogP contribution in [0.15, 0.2) is 34.7 Å². The number of aromatic nitrogens is 3. The first-order chi connectivity index (χ1) is 10.2. The molecule has 0 aliphatic heterocycles. The zero-order valence-corrected chi connectivity index (χ0v) is 12.7. The molecular weight excluding hydrogens is 282 g/mol. The van der Waals surface area contributed by atoms with Gasteiger partial charge in [0, 0.05) is 34.9 Å². The second-order valence-corrected chi connectivity index (χ2v) is 6.49. The highest BCUT2D eigenvalue weighted by Crippen LogP contribution is 2.54. The molecule has 0 aromatic carbocycles. The van der Waals surface area contributed by atoms with Crippen LogP contribution in [0.4, 0.5) is 0 Å². The number of rotatable bonds is 2. The molecule has 106 valence electrons. The summed E-state index contributed by atoms with van der Waals surface area (Å²) >= 11 is 1.53. The van der Waals surface area contributed by atoms with Crippen LogP contribution in [0.25, 0.3) is 4.96 Å². The van der Waals surface area contributed by atoms with E-state index in [4.69, 9.17) is 4.98 Å². The molecule has 0 unspecified atom stereocenters. The van der Waals surface area contributed by atoms with Crippen LogP contribution in [0.1, 0.15) is 40.8 Å². The summed E-state index contributed by atoms with van der Waals surface area (Å²) in [6.07, 6.45) is 4.76. The van der Waals surface area contributed by atoms with E-state index < -0.39 is 0 Å². The van der Waals surface area contributed by atoms with Crippen molar-refractivity contribution >= 4 is 16.3 Å². The molecule has 3 aromatic heterocycles. The Labute approximate surface area is 126 Å². The molecule has 3 aromatic rings. The third-order valence-electron chi connectivity index (χ3n) is 4.26. The third kappa shape index (κ3) is 1.92. The Hall–Kier alpha value is -2.01. The number of pyridine rings is 1. The van der Waals surface area contributed by atoms with Crippen molar-refractivity contribution in [1.82, 2.24) is 14.4 Å². The van der Waals surface area contributed by atoms with E-state index in [0.717, 1.165) is 28.3 Å². The summed E-state index contributed by atoms with van der Waals surface area (Å²) in [6, 6.07) is 4.07. The SMILES string of the molecule is Cc1c([C@@H]2C[C@H]2c2cccnc2)nc2scc(C)n2c1=O. The monoisotopic (exact) mass is 297 g/mol. The first-order valence-electron chi connectivity index (χ1n) is 7.04. The normalized spacial score (nSPS) is 20.9. The van der Waals surface area contributed by atoms with Gasteiger partial charge in [0.05, 0.1) is 5.69 Å². The van der Waals surface area contributed by atoms with E-state index in [1.807, 2.05) is 31.5 Å². The summed E-state index contributed by atoms with van der Waals surface area (Å²) in [5.74, 6) is 0.808. The molecule has 0 bridgehead atoms. The fourth-order valence-corrected chi connectivity index (χ4v) is 3.87. The maximum absolute atomic E-state index is 12.5. The lowest BCUT2D eigenvalue weighted by atomic mass is 10.1. The lowest BCUT2D eigenvalue weighted by molar-refractivity contribution is 0.900. The van der Waals surface area contributed by atoms with Crippen LogP contribution in [0, 0.1) is 13.8 Å². The maximum atomic E-state index is 12.5. The summed E-state index contributed by atoms with van der Waals surface area (Å²) in [7, 11) is 0. The van der Waals surface area contributed by atoms with Crippen molar-refractivity contribution in [2.45, 2.75) is 32.1 Å². The number of thiazole rings is 1. The quantitative estimate of drug-likeness (QED) is 0.730. The fraction of sp³-hybridized carbons (Fsp3) is 0.312. The Morgan fingerprint density at radius 3 is 2.95 bits per heavy atom. The largest absolute Gasteiger partial charge is 0.269 e. The van der Waals surface area contributed by atoms with Crippen molar-refractivity contribution in [2.75, 3.05) is 0 Å². The molecular formula is C16H15N3OS. The first kappa shape index (κ1) is 12.7. The number of hydrogen-bond acceptors (Lipinski definition) is 4. The number of aryl methyl sites for hydroxylation is 1. The molecule has 21 heavy (non-hydrogen) atoms. The van der Waals surface area contributed by atoms with Gasteiger partial charge in [0.25, 0.3) is 5.56 Å². The minimum Gasteiger partial charge on any atom is -0.269 e. The van der Waals surface area contributed by atoms with Gasteiger partial charge in [-0.3, -0.25) is 14.2 Å². The summed E-state index contributed by atoms with van der Waals surface area (Å²) in [5.41, 5.74) is 4.03. The van der Waals surface area contributed by atoms with Gasteiger partial charge < -0.3 is 0 Å². The van der Waals surface area contributed by atoms with Gasteiger partial charge in [-0.25, -0.2) is 4.98 Å². The zero-order valence-electron chi connectivity index (χ0n) is 11.9. The van der Waals surface area contributed by atoms with E-state index in [1.54, 1.807) is 10.6 Å². The average molecular weight is 297 g/mol. The van der Waals surface area contributed by atoms with Gasteiger partial charge >= 0.3 is 0 Å². The van der Waals surface area contributed by atoms with E-state index in [-0.39, 0.29) is 5.56 Å². The van der Waals surface area contributed by atoms with Crippen LogP contribution in [0.5, 0.6) is 0 Å². The summed E-state index contributed by atoms with van der Waals surface area (Å²) < 4.78 is 1.71. The second kappa shape index (κ2) is 4.49. The standard InChI is InChI=1S/C16H15N3OS/c1-9-8-21-16-18-14(10(2)15(20)19(9)16)13-6-12(13)11-4-3-5-17-7-11/h3-5,7-8,12-13H,6H2,1-2H3/t12-,13+/m0/s1. The zero-order chi connectivity index (χ0) is 14.6. The highest BCUT2D eigenvalue weighted by Gasteiger charge is 2.42. The van der Waals surface area contributed by atoms with Gasteiger partial charge in [0.1, 0.15) is 0 Å². The molecule has 0 amide bonds. The molecule has 5 heteroatoms. The molecule has 0 radical (unpaired) electrons.